The smallest absolute Gasteiger partial charge is 0.267 e. The molecule has 0 saturated carbocycles. The van der Waals surface area contributed by atoms with Crippen molar-refractivity contribution >= 4 is 71.7 Å². The Balaban J connectivity index is 1.34. The number of rotatable bonds is 5. The summed E-state index contributed by atoms with van der Waals surface area (Å²) in [5.74, 6) is -0.0448. The number of halogens is 1. The molecule has 1 amide bonds. The van der Waals surface area contributed by atoms with Gasteiger partial charge in [0.15, 0.2) is 5.16 Å². The van der Waals surface area contributed by atoms with Crippen molar-refractivity contribution in [1.29, 1.82) is 0 Å². The molecule has 0 aliphatic heterocycles. The van der Waals surface area contributed by atoms with E-state index in [2.05, 4.69) is 31.4 Å². The highest BCUT2D eigenvalue weighted by molar-refractivity contribution is 9.10. The minimum absolute atomic E-state index is 0.0654. The molecule has 3 heterocycles. The third-order valence-corrected chi connectivity index (χ3v) is 8.75. The number of anilines is 1. The molecule has 2 aromatic carbocycles. The number of thiophene rings is 1. The van der Waals surface area contributed by atoms with Gasteiger partial charge >= 0.3 is 0 Å². The number of nitrogens with zero attached hydrogens (tertiary/aromatic N) is 3. The van der Waals surface area contributed by atoms with Crippen LogP contribution in [-0.4, -0.2) is 31.4 Å². The Labute approximate surface area is 217 Å². The maximum Gasteiger partial charge on any atom is 0.267 e. The van der Waals surface area contributed by atoms with Gasteiger partial charge in [-0.15, -0.1) is 11.3 Å². The average molecular weight is 567 g/mol. The highest BCUT2D eigenvalue weighted by atomic mass is 79.9. The zero-order valence-corrected chi connectivity index (χ0v) is 21.7. The number of amides is 1. The second-order valence-corrected chi connectivity index (χ2v) is 11.4. The van der Waals surface area contributed by atoms with E-state index in [0.29, 0.717) is 10.8 Å². The van der Waals surface area contributed by atoms with E-state index in [0.717, 1.165) is 62.5 Å². The Morgan fingerprint density at radius 2 is 2.00 bits per heavy atom. The number of H-pyrrole nitrogens is 1. The first-order valence-electron chi connectivity index (χ1n) is 11.3. The van der Waals surface area contributed by atoms with Crippen molar-refractivity contribution in [2.75, 3.05) is 11.1 Å². The predicted octanol–water partition coefficient (Wildman–Crippen LogP) is 5.70. The lowest BCUT2D eigenvalue weighted by atomic mass is 9.97. The van der Waals surface area contributed by atoms with Crippen LogP contribution in [0.5, 0.6) is 0 Å². The van der Waals surface area contributed by atoms with Crippen molar-refractivity contribution in [3.8, 4) is 5.69 Å². The highest BCUT2D eigenvalue weighted by Gasteiger charge is 2.23. The molecule has 5 aromatic rings. The number of fused-ring (bicyclic) bond motifs is 4. The summed E-state index contributed by atoms with van der Waals surface area (Å²) in [7, 11) is 0. The molecule has 35 heavy (non-hydrogen) atoms. The Morgan fingerprint density at radius 1 is 1.17 bits per heavy atom. The number of aryl methyl sites for hydroxylation is 2. The van der Waals surface area contributed by atoms with Crippen molar-refractivity contribution in [2.45, 2.75) is 30.8 Å². The lowest BCUT2D eigenvalue weighted by Crippen LogP contribution is -2.23. The molecular weight excluding hydrogens is 546 g/mol. The molecular formula is C25H20BrN5O2S2. The average Bonchev–Trinajstić information content (AvgIpc) is 3.47. The minimum atomic E-state index is -0.170. The van der Waals surface area contributed by atoms with Crippen molar-refractivity contribution in [1.82, 2.24) is 19.7 Å². The van der Waals surface area contributed by atoms with Gasteiger partial charge in [-0.25, -0.2) is 4.98 Å². The van der Waals surface area contributed by atoms with Gasteiger partial charge in [-0.1, -0.05) is 27.7 Å². The van der Waals surface area contributed by atoms with Crippen LogP contribution >= 0.6 is 39.0 Å². The molecule has 10 heteroatoms. The van der Waals surface area contributed by atoms with Crippen molar-refractivity contribution in [3.63, 3.8) is 0 Å². The van der Waals surface area contributed by atoms with E-state index in [-0.39, 0.29) is 17.2 Å². The van der Waals surface area contributed by atoms with Gasteiger partial charge in [-0.3, -0.25) is 19.3 Å². The van der Waals surface area contributed by atoms with E-state index in [1.165, 1.54) is 16.6 Å². The second kappa shape index (κ2) is 9.25. The van der Waals surface area contributed by atoms with E-state index in [4.69, 9.17) is 4.98 Å². The zero-order chi connectivity index (χ0) is 23.9. The SMILES string of the molecule is O=C(CSc1nc2sc3c(c2c(=O)n1-c1ccc(Br)cc1)CCCC3)Nc1ccc2cn[nH]c2c1. The standard InChI is InChI=1S/C25H20BrN5O2S2/c26-15-6-9-17(10-7-15)31-24(33)22-18-3-1-2-4-20(18)35-23(22)29-25(31)34-13-21(32)28-16-8-5-14-12-27-30-19(14)11-16/h5-12H,1-4,13H2,(H,27,30)(H,28,32). The molecule has 1 aliphatic carbocycles. The van der Waals surface area contributed by atoms with Crippen LogP contribution in [0.25, 0.3) is 26.8 Å². The topological polar surface area (TPSA) is 92.7 Å². The van der Waals surface area contributed by atoms with Crippen LogP contribution in [0.4, 0.5) is 5.69 Å². The number of hydrogen-bond donors (Lipinski definition) is 2. The van der Waals surface area contributed by atoms with E-state index in [9.17, 15) is 9.59 Å². The van der Waals surface area contributed by atoms with Crippen molar-refractivity contribution in [3.05, 3.63) is 73.9 Å². The molecule has 0 bridgehead atoms. The van der Waals surface area contributed by atoms with Gasteiger partial charge in [0, 0.05) is 20.4 Å². The molecule has 0 unspecified atom stereocenters. The number of thioether (sulfide) groups is 1. The summed E-state index contributed by atoms with van der Waals surface area (Å²) in [6.45, 7) is 0. The van der Waals surface area contributed by atoms with Crippen LogP contribution in [0.15, 0.2) is 63.1 Å². The number of aromatic nitrogens is 4. The summed E-state index contributed by atoms with van der Waals surface area (Å²) >= 11 is 6.35. The summed E-state index contributed by atoms with van der Waals surface area (Å²) in [5.41, 5.74) is 3.36. The molecule has 0 radical (unpaired) electrons. The van der Waals surface area contributed by atoms with Gasteiger partial charge in [-0.2, -0.15) is 5.10 Å². The molecule has 3 aromatic heterocycles. The minimum Gasteiger partial charge on any atom is -0.325 e. The van der Waals surface area contributed by atoms with Crippen molar-refractivity contribution < 1.29 is 4.79 Å². The second-order valence-electron chi connectivity index (χ2n) is 8.41. The third-order valence-electron chi connectivity index (χ3n) is 6.10. The number of carbonyl (C=O) groups is 1. The maximum atomic E-state index is 13.8. The summed E-state index contributed by atoms with van der Waals surface area (Å²) in [6.07, 6.45) is 5.90. The number of hydrogen-bond acceptors (Lipinski definition) is 6. The number of carbonyl (C=O) groups excluding carboxylic acids is 1. The molecule has 1 aliphatic rings. The summed E-state index contributed by atoms with van der Waals surface area (Å²) in [4.78, 5) is 33.5. The summed E-state index contributed by atoms with van der Waals surface area (Å²) < 4.78 is 2.57. The van der Waals surface area contributed by atoms with E-state index in [1.54, 1.807) is 22.1 Å². The lowest BCUT2D eigenvalue weighted by molar-refractivity contribution is -0.113. The monoisotopic (exact) mass is 565 g/mol. The molecule has 176 valence electrons. The van der Waals surface area contributed by atoms with Crippen LogP contribution in [-0.2, 0) is 17.6 Å². The van der Waals surface area contributed by atoms with Gasteiger partial charge in [-0.05, 0) is 73.7 Å². The first kappa shape index (κ1) is 22.5. The van der Waals surface area contributed by atoms with Gasteiger partial charge in [0.1, 0.15) is 4.83 Å². The van der Waals surface area contributed by atoms with Gasteiger partial charge in [0.2, 0.25) is 5.91 Å². The molecule has 7 nitrogen and oxygen atoms in total. The molecule has 0 spiro atoms. The number of nitrogens with one attached hydrogen (secondary N) is 2. The van der Waals surface area contributed by atoms with Gasteiger partial charge < -0.3 is 5.32 Å². The van der Waals surface area contributed by atoms with Crippen LogP contribution in [0.3, 0.4) is 0 Å². The largest absolute Gasteiger partial charge is 0.325 e. The number of benzene rings is 2. The van der Waals surface area contributed by atoms with Crippen LogP contribution in [0.1, 0.15) is 23.3 Å². The normalized spacial score (nSPS) is 13.3. The summed E-state index contributed by atoms with van der Waals surface area (Å²) in [6, 6.07) is 13.2. The van der Waals surface area contributed by atoms with E-state index in [1.807, 2.05) is 42.5 Å². The van der Waals surface area contributed by atoms with E-state index < -0.39 is 0 Å². The van der Waals surface area contributed by atoms with Gasteiger partial charge in [0.25, 0.3) is 5.56 Å². The van der Waals surface area contributed by atoms with Crippen LogP contribution in [0, 0.1) is 0 Å². The third kappa shape index (κ3) is 4.30. The molecule has 2 N–H and O–H groups in total. The van der Waals surface area contributed by atoms with Crippen molar-refractivity contribution in [2.24, 2.45) is 0 Å². The Morgan fingerprint density at radius 3 is 2.86 bits per heavy atom. The molecule has 0 saturated heterocycles. The lowest BCUT2D eigenvalue weighted by Gasteiger charge is -2.14. The fraction of sp³-hybridized carbons (Fsp3) is 0.200. The van der Waals surface area contributed by atoms with E-state index >= 15 is 0 Å². The Hall–Kier alpha value is -2.95. The zero-order valence-electron chi connectivity index (χ0n) is 18.5. The Bertz CT molecular complexity index is 1640. The Kier molecular flexibility index (Phi) is 5.95. The molecule has 6 rings (SSSR count). The fourth-order valence-electron chi connectivity index (χ4n) is 4.44. The molecule has 0 atom stereocenters. The van der Waals surface area contributed by atoms with Crippen LogP contribution in [0.2, 0.25) is 0 Å². The summed E-state index contributed by atoms with van der Waals surface area (Å²) in [5, 5.41) is 12.1. The highest BCUT2D eigenvalue weighted by Crippen LogP contribution is 2.35. The first-order chi connectivity index (χ1) is 17.1. The maximum absolute atomic E-state index is 13.8. The first-order valence-corrected chi connectivity index (χ1v) is 13.9. The number of aromatic amines is 1. The van der Waals surface area contributed by atoms with Gasteiger partial charge in [0.05, 0.1) is 28.5 Å². The fourth-order valence-corrected chi connectivity index (χ4v) is 6.82. The predicted molar refractivity (Wildman–Crippen MR) is 145 cm³/mol. The quantitative estimate of drug-likeness (QED) is 0.211. The molecule has 0 fully saturated rings. The van der Waals surface area contributed by atoms with Crippen LogP contribution < -0.4 is 10.9 Å².